The predicted octanol–water partition coefficient (Wildman–Crippen LogP) is 1.44. The van der Waals surface area contributed by atoms with Crippen molar-refractivity contribution < 1.29 is 23.4 Å². The van der Waals surface area contributed by atoms with Gasteiger partial charge in [-0.2, -0.15) is 0 Å². The van der Waals surface area contributed by atoms with E-state index in [4.69, 9.17) is 4.74 Å². The second kappa shape index (κ2) is 6.64. The lowest BCUT2D eigenvalue weighted by Crippen LogP contribution is -2.61. The number of halogens is 2. The third kappa shape index (κ3) is 2.86. The molecular weight excluding hydrogens is 318 g/mol. The maximum atomic E-state index is 14.2. The van der Waals surface area contributed by atoms with Crippen LogP contribution in [0.15, 0.2) is 12.1 Å². The number of benzene rings is 1. The minimum atomic E-state index is -0.928. The highest BCUT2D eigenvalue weighted by atomic mass is 19.2. The van der Waals surface area contributed by atoms with Crippen molar-refractivity contribution in [3.8, 4) is 5.75 Å². The molecule has 2 atom stereocenters. The van der Waals surface area contributed by atoms with Gasteiger partial charge in [-0.25, -0.2) is 8.78 Å². The Bertz CT molecular complexity index is 641. The number of nitrogens with zero attached hydrogens (tertiary/aromatic N) is 1. The SMILES string of the molecule is COc1ccc(F)c(F)c1CN1CC[C@H](O)[C@@]2(CCCNC2=O)C1. The highest BCUT2D eigenvalue weighted by Gasteiger charge is 2.49. The Kier molecular flexibility index (Phi) is 4.73. The molecule has 0 aliphatic carbocycles. The Balaban J connectivity index is 1.84. The number of aliphatic hydroxyl groups excluding tert-OH is 1. The van der Waals surface area contributed by atoms with Crippen molar-refractivity contribution in [2.75, 3.05) is 26.7 Å². The summed E-state index contributed by atoms with van der Waals surface area (Å²) in [5, 5.41) is 13.2. The number of hydrogen-bond acceptors (Lipinski definition) is 4. The van der Waals surface area contributed by atoms with Crippen LogP contribution >= 0.6 is 0 Å². The van der Waals surface area contributed by atoms with Crippen LogP contribution in [0.2, 0.25) is 0 Å². The number of methoxy groups -OCH3 is 1. The molecule has 24 heavy (non-hydrogen) atoms. The van der Waals surface area contributed by atoms with Gasteiger partial charge < -0.3 is 15.2 Å². The summed E-state index contributed by atoms with van der Waals surface area (Å²) in [4.78, 5) is 14.3. The number of ether oxygens (including phenoxy) is 1. The van der Waals surface area contributed by atoms with E-state index in [2.05, 4.69) is 5.32 Å². The third-order valence-electron chi connectivity index (χ3n) is 5.15. The van der Waals surface area contributed by atoms with E-state index in [1.807, 2.05) is 4.90 Å². The van der Waals surface area contributed by atoms with E-state index in [1.165, 1.54) is 13.2 Å². The van der Waals surface area contributed by atoms with E-state index in [-0.39, 0.29) is 23.8 Å². The summed E-state index contributed by atoms with van der Waals surface area (Å²) in [6, 6.07) is 2.43. The van der Waals surface area contributed by atoms with Gasteiger partial charge >= 0.3 is 0 Å². The first-order valence-electron chi connectivity index (χ1n) is 8.17. The fraction of sp³-hybridized carbons (Fsp3) is 0.588. The highest BCUT2D eigenvalue weighted by molar-refractivity contribution is 5.84. The molecule has 3 rings (SSSR count). The molecule has 5 nitrogen and oxygen atoms in total. The highest BCUT2D eigenvalue weighted by Crippen LogP contribution is 2.38. The lowest BCUT2D eigenvalue weighted by atomic mass is 9.71. The van der Waals surface area contributed by atoms with Crippen LogP contribution in [-0.4, -0.2) is 48.8 Å². The molecule has 2 aliphatic rings. The van der Waals surface area contributed by atoms with Gasteiger partial charge in [-0.05, 0) is 31.4 Å². The van der Waals surface area contributed by atoms with Gasteiger partial charge in [0.25, 0.3) is 0 Å². The van der Waals surface area contributed by atoms with Crippen molar-refractivity contribution in [1.29, 1.82) is 0 Å². The summed E-state index contributed by atoms with van der Waals surface area (Å²) in [5.74, 6) is -1.73. The maximum absolute atomic E-state index is 14.2. The van der Waals surface area contributed by atoms with E-state index >= 15 is 0 Å². The smallest absolute Gasteiger partial charge is 0.230 e. The molecule has 1 amide bonds. The van der Waals surface area contributed by atoms with E-state index in [1.54, 1.807) is 0 Å². The van der Waals surface area contributed by atoms with Gasteiger partial charge in [0, 0.05) is 31.7 Å². The average molecular weight is 340 g/mol. The van der Waals surface area contributed by atoms with E-state index in [9.17, 15) is 18.7 Å². The Morgan fingerprint density at radius 3 is 2.96 bits per heavy atom. The quantitative estimate of drug-likeness (QED) is 0.874. The number of carbonyl (C=O) groups excluding carboxylic acids is 1. The van der Waals surface area contributed by atoms with Crippen LogP contribution in [0.5, 0.6) is 5.75 Å². The number of aliphatic hydroxyl groups is 1. The second-order valence-corrected chi connectivity index (χ2v) is 6.57. The van der Waals surface area contributed by atoms with Gasteiger partial charge in [-0.1, -0.05) is 0 Å². The first kappa shape index (κ1) is 17.1. The first-order valence-corrected chi connectivity index (χ1v) is 8.17. The van der Waals surface area contributed by atoms with Crippen molar-refractivity contribution in [3.63, 3.8) is 0 Å². The van der Waals surface area contributed by atoms with E-state index in [0.717, 1.165) is 12.5 Å². The van der Waals surface area contributed by atoms with Crippen molar-refractivity contribution in [2.24, 2.45) is 5.41 Å². The zero-order valence-electron chi connectivity index (χ0n) is 13.6. The molecule has 2 saturated heterocycles. The monoisotopic (exact) mass is 340 g/mol. The number of piperidine rings is 2. The molecule has 2 heterocycles. The molecule has 2 aliphatic heterocycles. The minimum absolute atomic E-state index is 0.133. The van der Waals surface area contributed by atoms with Crippen LogP contribution in [0, 0.1) is 17.0 Å². The molecule has 0 saturated carbocycles. The van der Waals surface area contributed by atoms with Crippen LogP contribution in [-0.2, 0) is 11.3 Å². The molecule has 132 valence electrons. The van der Waals surface area contributed by atoms with E-state index < -0.39 is 23.2 Å². The number of nitrogens with one attached hydrogen (secondary N) is 1. The van der Waals surface area contributed by atoms with Gasteiger partial charge in [0.15, 0.2) is 11.6 Å². The average Bonchev–Trinajstić information content (AvgIpc) is 2.58. The second-order valence-electron chi connectivity index (χ2n) is 6.57. The number of likely N-dealkylation sites (tertiary alicyclic amines) is 1. The summed E-state index contributed by atoms with van der Waals surface area (Å²) < 4.78 is 32.9. The zero-order valence-corrected chi connectivity index (χ0v) is 13.6. The standard InChI is InChI=1S/C17H22F2N2O3/c1-24-13-4-3-12(18)15(19)11(13)9-21-8-5-14(22)17(10-21)6-2-7-20-16(17)23/h3-4,14,22H,2,5-10H2,1H3,(H,20,23)/t14-,17+/m0/s1. The third-order valence-corrected chi connectivity index (χ3v) is 5.15. The summed E-state index contributed by atoms with van der Waals surface area (Å²) in [6.45, 7) is 1.57. The molecule has 1 spiro atoms. The van der Waals surface area contributed by atoms with Gasteiger partial charge in [0.2, 0.25) is 5.91 Å². The van der Waals surface area contributed by atoms with Crippen LogP contribution < -0.4 is 10.1 Å². The summed E-state index contributed by atoms with van der Waals surface area (Å²) in [6.07, 6.45) is 1.11. The van der Waals surface area contributed by atoms with Crippen molar-refractivity contribution in [3.05, 3.63) is 29.3 Å². The maximum Gasteiger partial charge on any atom is 0.230 e. The fourth-order valence-electron chi connectivity index (χ4n) is 3.80. The Labute approximate surface area is 139 Å². The summed E-state index contributed by atoms with van der Waals surface area (Å²) in [7, 11) is 1.41. The van der Waals surface area contributed by atoms with Crippen molar-refractivity contribution >= 4 is 5.91 Å². The molecule has 1 aromatic rings. The van der Waals surface area contributed by atoms with Gasteiger partial charge in [-0.3, -0.25) is 9.69 Å². The van der Waals surface area contributed by atoms with Crippen molar-refractivity contribution in [2.45, 2.75) is 31.9 Å². The first-order chi connectivity index (χ1) is 11.5. The zero-order chi connectivity index (χ0) is 17.3. The molecule has 2 fully saturated rings. The van der Waals surface area contributed by atoms with Gasteiger partial charge in [0.1, 0.15) is 5.75 Å². The number of carbonyl (C=O) groups is 1. The number of rotatable bonds is 3. The Hall–Kier alpha value is -1.73. The number of hydrogen-bond donors (Lipinski definition) is 2. The fourth-order valence-corrected chi connectivity index (χ4v) is 3.80. The molecular formula is C17H22F2N2O3. The lowest BCUT2D eigenvalue weighted by Gasteiger charge is -2.47. The predicted molar refractivity (Wildman–Crippen MR) is 83.5 cm³/mol. The molecule has 2 N–H and O–H groups in total. The van der Waals surface area contributed by atoms with Crippen LogP contribution in [0.3, 0.4) is 0 Å². The molecule has 0 bridgehead atoms. The van der Waals surface area contributed by atoms with E-state index in [0.29, 0.717) is 32.5 Å². The van der Waals surface area contributed by atoms with Crippen LogP contribution in [0.4, 0.5) is 8.78 Å². The van der Waals surface area contributed by atoms with Crippen LogP contribution in [0.25, 0.3) is 0 Å². The topological polar surface area (TPSA) is 61.8 Å². The van der Waals surface area contributed by atoms with Gasteiger partial charge in [-0.15, -0.1) is 0 Å². The normalized spacial score (nSPS) is 28.0. The lowest BCUT2D eigenvalue weighted by molar-refractivity contribution is -0.149. The summed E-state index contributed by atoms with van der Waals surface area (Å²) in [5.41, 5.74) is -0.728. The van der Waals surface area contributed by atoms with Crippen molar-refractivity contribution in [1.82, 2.24) is 10.2 Å². The Morgan fingerprint density at radius 1 is 1.46 bits per heavy atom. The van der Waals surface area contributed by atoms with Gasteiger partial charge in [0.05, 0.1) is 18.6 Å². The largest absolute Gasteiger partial charge is 0.496 e. The molecule has 7 heteroatoms. The summed E-state index contributed by atoms with van der Waals surface area (Å²) >= 11 is 0. The molecule has 0 unspecified atom stereocenters. The molecule has 0 aromatic heterocycles. The Morgan fingerprint density at radius 2 is 2.25 bits per heavy atom. The molecule has 0 radical (unpaired) electrons. The number of amides is 1. The minimum Gasteiger partial charge on any atom is -0.496 e. The molecule has 1 aromatic carbocycles. The van der Waals surface area contributed by atoms with Crippen LogP contribution in [0.1, 0.15) is 24.8 Å².